The lowest BCUT2D eigenvalue weighted by molar-refractivity contribution is -0.139. The Morgan fingerprint density at radius 3 is 2.83 bits per heavy atom. The van der Waals surface area contributed by atoms with E-state index in [0.29, 0.717) is 24.2 Å². The topological polar surface area (TPSA) is 63.7 Å². The number of aromatic nitrogens is 1. The van der Waals surface area contributed by atoms with Gasteiger partial charge in [0.15, 0.2) is 0 Å². The molecule has 132 valence electrons. The van der Waals surface area contributed by atoms with E-state index in [4.69, 9.17) is 4.74 Å². The van der Waals surface area contributed by atoms with Crippen LogP contribution in [0.1, 0.15) is 31.2 Å². The SMILES string of the molecule is Cc1ccc(OC(F)F)c(CN2C(=O)[C@@H](C)OC23CCNCC3)n1. The highest BCUT2D eigenvalue weighted by Gasteiger charge is 2.51. The van der Waals surface area contributed by atoms with E-state index >= 15 is 0 Å². The molecule has 3 rings (SSSR count). The van der Waals surface area contributed by atoms with Crippen molar-refractivity contribution in [2.45, 2.75) is 51.7 Å². The maximum absolute atomic E-state index is 12.6. The van der Waals surface area contributed by atoms with E-state index in [9.17, 15) is 13.6 Å². The molecule has 1 amide bonds. The number of piperidine rings is 1. The van der Waals surface area contributed by atoms with E-state index in [0.717, 1.165) is 13.1 Å². The minimum absolute atomic E-state index is 0.00737. The zero-order valence-electron chi connectivity index (χ0n) is 13.7. The number of amides is 1. The van der Waals surface area contributed by atoms with Crippen molar-refractivity contribution < 1.29 is 23.0 Å². The van der Waals surface area contributed by atoms with Gasteiger partial charge in [0.05, 0.1) is 6.54 Å². The molecule has 3 heterocycles. The third kappa shape index (κ3) is 3.21. The average Bonchev–Trinajstić information content (AvgIpc) is 2.75. The molecule has 2 aliphatic rings. The van der Waals surface area contributed by atoms with Crippen LogP contribution in [-0.4, -0.2) is 47.3 Å². The summed E-state index contributed by atoms with van der Waals surface area (Å²) >= 11 is 0. The maximum Gasteiger partial charge on any atom is 0.387 e. The number of nitrogens with one attached hydrogen (secondary N) is 1. The van der Waals surface area contributed by atoms with Crippen molar-refractivity contribution in [2.75, 3.05) is 13.1 Å². The fourth-order valence-corrected chi connectivity index (χ4v) is 3.35. The van der Waals surface area contributed by atoms with E-state index < -0.39 is 18.4 Å². The zero-order valence-corrected chi connectivity index (χ0v) is 13.7. The van der Waals surface area contributed by atoms with Gasteiger partial charge in [-0.25, -0.2) is 0 Å². The Kier molecular flexibility index (Phi) is 4.69. The van der Waals surface area contributed by atoms with Gasteiger partial charge in [-0.15, -0.1) is 0 Å². The number of carbonyl (C=O) groups excluding carboxylic acids is 1. The molecule has 24 heavy (non-hydrogen) atoms. The van der Waals surface area contributed by atoms with Crippen molar-refractivity contribution >= 4 is 5.91 Å². The predicted octanol–water partition coefficient (Wildman–Crippen LogP) is 1.82. The predicted molar refractivity (Wildman–Crippen MR) is 81.5 cm³/mol. The minimum atomic E-state index is -2.94. The summed E-state index contributed by atoms with van der Waals surface area (Å²) < 4.78 is 35.8. The molecule has 2 fully saturated rings. The second-order valence-corrected chi connectivity index (χ2v) is 6.16. The number of halogens is 2. The number of alkyl halides is 2. The van der Waals surface area contributed by atoms with Crippen molar-refractivity contribution in [1.82, 2.24) is 15.2 Å². The quantitative estimate of drug-likeness (QED) is 0.905. The Labute approximate surface area is 139 Å². The molecule has 0 bridgehead atoms. The molecule has 0 aliphatic carbocycles. The molecular weight excluding hydrogens is 320 g/mol. The second-order valence-electron chi connectivity index (χ2n) is 6.16. The molecule has 6 nitrogen and oxygen atoms in total. The van der Waals surface area contributed by atoms with Crippen LogP contribution in [0.15, 0.2) is 12.1 Å². The number of ether oxygens (including phenoxy) is 2. The zero-order chi connectivity index (χ0) is 17.3. The number of carbonyl (C=O) groups is 1. The monoisotopic (exact) mass is 341 g/mol. The maximum atomic E-state index is 12.6. The lowest BCUT2D eigenvalue weighted by Gasteiger charge is -2.40. The van der Waals surface area contributed by atoms with Crippen LogP contribution >= 0.6 is 0 Å². The molecule has 2 saturated heterocycles. The first-order valence-electron chi connectivity index (χ1n) is 8.03. The summed E-state index contributed by atoms with van der Waals surface area (Å²) in [6, 6.07) is 3.07. The van der Waals surface area contributed by atoms with Crippen LogP contribution in [0.3, 0.4) is 0 Å². The fraction of sp³-hybridized carbons (Fsp3) is 0.625. The lowest BCUT2D eigenvalue weighted by Crippen LogP contribution is -2.52. The van der Waals surface area contributed by atoms with Crippen LogP contribution in [0.25, 0.3) is 0 Å². The van der Waals surface area contributed by atoms with Crippen molar-refractivity contribution in [3.8, 4) is 5.75 Å². The standard InChI is InChI=1S/C16H21F2N3O3/c1-10-3-4-13(23-15(17)18)12(20-10)9-21-14(22)11(2)24-16(21)5-7-19-8-6-16/h3-4,11,15,19H,5-9H2,1-2H3/t11-/m1/s1. The van der Waals surface area contributed by atoms with Crippen LogP contribution in [0.5, 0.6) is 5.75 Å². The minimum Gasteiger partial charge on any atom is -0.433 e. The van der Waals surface area contributed by atoms with Gasteiger partial charge >= 0.3 is 6.61 Å². The van der Waals surface area contributed by atoms with Crippen LogP contribution < -0.4 is 10.1 Å². The highest BCUT2D eigenvalue weighted by molar-refractivity contribution is 5.83. The van der Waals surface area contributed by atoms with E-state index in [-0.39, 0.29) is 18.2 Å². The molecule has 1 atom stereocenters. The Morgan fingerprint density at radius 2 is 2.17 bits per heavy atom. The summed E-state index contributed by atoms with van der Waals surface area (Å²) in [4.78, 5) is 18.5. The van der Waals surface area contributed by atoms with Gasteiger partial charge in [0, 0.05) is 18.5 Å². The smallest absolute Gasteiger partial charge is 0.387 e. The fourth-order valence-electron chi connectivity index (χ4n) is 3.35. The molecule has 1 aromatic heterocycles. The van der Waals surface area contributed by atoms with E-state index in [2.05, 4.69) is 15.0 Å². The third-order valence-corrected chi connectivity index (χ3v) is 4.48. The van der Waals surface area contributed by atoms with E-state index in [1.54, 1.807) is 24.8 Å². The van der Waals surface area contributed by atoms with Gasteiger partial charge in [-0.05, 0) is 39.1 Å². The number of aryl methyl sites for hydroxylation is 1. The Hall–Kier alpha value is -1.80. The van der Waals surface area contributed by atoms with Gasteiger partial charge in [-0.2, -0.15) is 8.78 Å². The van der Waals surface area contributed by atoms with E-state index in [1.807, 2.05) is 0 Å². The van der Waals surface area contributed by atoms with Gasteiger partial charge in [0.1, 0.15) is 23.3 Å². The average molecular weight is 341 g/mol. The number of nitrogens with zero attached hydrogens (tertiary/aromatic N) is 2. The summed E-state index contributed by atoms with van der Waals surface area (Å²) in [7, 11) is 0. The van der Waals surface area contributed by atoms with E-state index in [1.165, 1.54) is 6.07 Å². The summed E-state index contributed by atoms with van der Waals surface area (Å²) in [6.07, 6.45) is 0.757. The summed E-state index contributed by atoms with van der Waals surface area (Å²) in [5.41, 5.74) is 0.292. The van der Waals surface area contributed by atoms with Gasteiger partial charge in [-0.1, -0.05) is 0 Å². The number of rotatable bonds is 4. The van der Waals surface area contributed by atoms with Crippen LogP contribution in [-0.2, 0) is 16.1 Å². The molecule has 8 heteroatoms. The first kappa shape index (κ1) is 17.0. The summed E-state index contributed by atoms with van der Waals surface area (Å²) in [5, 5.41) is 3.24. The number of pyridine rings is 1. The molecule has 2 aliphatic heterocycles. The molecule has 0 saturated carbocycles. The van der Waals surface area contributed by atoms with Gasteiger partial charge in [-0.3, -0.25) is 9.78 Å². The van der Waals surface area contributed by atoms with Crippen LogP contribution in [0, 0.1) is 6.92 Å². The van der Waals surface area contributed by atoms with Gasteiger partial charge in [0.25, 0.3) is 5.91 Å². The van der Waals surface area contributed by atoms with Crippen LogP contribution in [0.2, 0.25) is 0 Å². The molecular formula is C16H21F2N3O3. The molecule has 1 spiro atoms. The Balaban J connectivity index is 1.90. The first-order valence-corrected chi connectivity index (χ1v) is 8.03. The van der Waals surface area contributed by atoms with Crippen LogP contribution in [0.4, 0.5) is 8.78 Å². The van der Waals surface area contributed by atoms with Gasteiger partial charge < -0.3 is 19.7 Å². The number of hydrogen-bond donors (Lipinski definition) is 1. The number of hydrogen-bond acceptors (Lipinski definition) is 5. The van der Waals surface area contributed by atoms with Crippen molar-refractivity contribution in [1.29, 1.82) is 0 Å². The van der Waals surface area contributed by atoms with Crippen molar-refractivity contribution in [2.24, 2.45) is 0 Å². The molecule has 0 unspecified atom stereocenters. The summed E-state index contributed by atoms with van der Waals surface area (Å²) in [5.74, 6) is -0.157. The normalized spacial score (nSPS) is 23.3. The second kappa shape index (κ2) is 6.60. The first-order chi connectivity index (χ1) is 11.4. The lowest BCUT2D eigenvalue weighted by atomic mass is 10.00. The molecule has 0 aromatic carbocycles. The summed E-state index contributed by atoms with van der Waals surface area (Å²) in [6.45, 7) is 2.10. The highest BCUT2D eigenvalue weighted by Crippen LogP contribution is 2.37. The van der Waals surface area contributed by atoms with Crippen molar-refractivity contribution in [3.63, 3.8) is 0 Å². The third-order valence-electron chi connectivity index (χ3n) is 4.48. The molecule has 1 N–H and O–H groups in total. The molecule has 0 radical (unpaired) electrons. The Bertz CT molecular complexity index is 621. The highest BCUT2D eigenvalue weighted by atomic mass is 19.3. The molecule has 1 aromatic rings. The van der Waals surface area contributed by atoms with Gasteiger partial charge in [0.2, 0.25) is 0 Å². The van der Waals surface area contributed by atoms with Crippen molar-refractivity contribution in [3.05, 3.63) is 23.5 Å². The Morgan fingerprint density at radius 1 is 1.46 bits per heavy atom. The largest absolute Gasteiger partial charge is 0.433 e.